The van der Waals surface area contributed by atoms with Crippen molar-refractivity contribution >= 4 is 11.8 Å². The Bertz CT molecular complexity index is 477. The maximum Gasteiger partial charge on any atom is 0.312 e. The number of rotatable bonds is 4. The average molecular weight is 259 g/mol. The molecule has 0 saturated carbocycles. The number of benzene rings is 1. The number of nitrogens with one attached hydrogen (secondary N) is 1. The van der Waals surface area contributed by atoms with Gasteiger partial charge in [-0.15, -0.1) is 0 Å². The topological polar surface area (TPSA) is 73.2 Å². The minimum Gasteiger partial charge on any atom is -0.335 e. The minimum atomic E-state index is -0.744. The van der Waals surface area contributed by atoms with E-state index < -0.39 is 11.8 Å². The molecule has 0 aromatic heterocycles. The van der Waals surface area contributed by atoms with Gasteiger partial charge in [0.2, 0.25) is 0 Å². The largest absolute Gasteiger partial charge is 0.335 e. The van der Waals surface area contributed by atoms with Crippen LogP contribution in [0.3, 0.4) is 0 Å². The van der Waals surface area contributed by atoms with Crippen molar-refractivity contribution in [2.45, 2.75) is 26.4 Å². The van der Waals surface area contributed by atoms with E-state index >= 15 is 0 Å². The summed E-state index contributed by atoms with van der Waals surface area (Å²) >= 11 is 0. The summed E-state index contributed by atoms with van der Waals surface area (Å²) in [4.78, 5) is 25.1. The number of nitriles is 1. The summed E-state index contributed by atoms with van der Waals surface area (Å²) < 4.78 is 0. The maximum absolute atomic E-state index is 12.0. The molecule has 5 nitrogen and oxygen atoms in total. The maximum atomic E-state index is 12.0. The third kappa shape index (κ3) is 4.43. The van der Waals surface area contributed by atoms with Gasteiger partial charge in [-0.3, -0.25) is 9.59 Å². The molecule has 0 heterocycles. The van der Waals surface area contributed by atoms with Crippen LogP contribution >= 0.6 is 0 Å². The second-order valence-electron chi connectivity index (χ2n) is 4.35. The van der Waals surface area contributed by atoms with Gasteiger partial charge in [0.25, 0.3) is 0 Å². The molecule has 0 fully saturated rings. The van der Waals surface area contributed by atoms with Gasteiger partial charge < -0.3 is 10.2 Å². The van der Waals surface area contributed by atoms with Crippen molar-refractivity contribution in [2.75, 3.05) is 6.54 Å². The fraction of sp³-hybridized carbons (Fsp3) is 0.357. The quantitative estimate of drug-likeness (QED) is 0.649. The zero-order chi connectivity index (χ0) is 14.3. The zero-order valence-corrected chi connectivity index (χ0v) is 11.1. The molecule has 2 amide bonds. The molecule has 19 heavy (non-hydrogen) atoms. The Morgan fingerprint density at radius 2 is 1.95 bits per heavy atom. The molecule has 0 bridgehead atoms. The molecular formula is C14H17N3O2. The third-order valence-corrected chi connectivity index (χ3v) is 2.60. The normalized spacial score (nSPS) is 9.79. The lowest BCUT2D eigenvalue weighted by Gasteiger charge is -2.26. The van der Waals surface area contributed by atoms with Crippen LogP contribution in [0.4, 0.5) is 0 Å². The van der Waals surface area contributed by atoms with E-state index in [0.717, 1.165) is 5.56 Å². The number of nitrogens with zero attached hydrogens (tertiary/aromatic N) is 2. The first kappa shape index (κ1) is 14.7. The number of carbonyl (C=O) groups is 2. The first-order valence-corrected chi connectivity index (χ1v) is 6.06. The molecule has 0 unspecified atom stereocenters. The van der Waals surface area contributed by atoms with Crippen molar-refractivity contribution in [3.63, 3.8) is 0 Å². The first-order valence-electron chi connectivity index (χ1n) is 6.06. The second-order valence-corrected chi connectivity index (χ2v) is 4.35. The van der Waals surface area contributed by atoms with Gasteiger partial charge in [-0.1, -0.05) is 30.3 Å². The molecule has 1 rings (SSSR count). The molecule has 0 atom stereocenters. The van der Waals surface area contributed by atoms with Gasteiger partial charge in [0.15, 0.2) is 0 Å². The van der Waals surface area contributed by atoms with Gasteiger partial charge in [-0.2, -0.15) is 5.26 Å². The van der Waals surface area contributed by atoms with Crippen LogP contribution in [0.2, 0.25) is 0 Å². The molecule has 0 radical (unpaired) electrons. The summed E-state index contributed by atoms with van der Waals surface area (Å²) in [5.74, 6) is -1.36. The highest BCUT2D eigenvalue weighted by molar-refractivity contribution is 6.35. The average Bonchev–Trinajstić information content (AvgIpc) is 2.42. The Hall–Kier alpha value is -2.35. The van der Waals surface area contributed by atoms with Gasteiger partial charge in [0.05, 0.1) is 6.07 Å². The summed E-state index contributed by atoms with van der Waals surface area (Å²) in [5.41, 5.74) is 0.956. The van der Waals surface area contributed by atoms with E-state index in [2.05, 4.69) is 5.32 Å². The lowest BCUT2D eigenvalue weighted by molar-refractivity contribution is -0.147. The highest BCUT2D eigenvalue weighted by atomic mass is 16.2. The van der Waals surface area contributed by atoms with Gasteiger partial charge in [-0.05, 0) is 19.4 Å². The molecule has 1 aromatic rings. The highest BCUT2D eigenvalue weighted by Gasteiger charge is 2.23. The molecule has 0 aliphatic rings. The molecule has 0 spiro atoms. The van der Waals surface area contributed by atoms with Crippen molar-refractivity contribution in [1.82, 2.24) is 10.2 Å². The highest BCUT2D eigenvalue weighted by Crippen LogP contribution is 2.08. The van der Waals surface area contributed by atoms with Crippen molar-refractivity contribution < 1.29 is 9.59 Å². The molecule has 100 valence electrons. The minimum absolute atomic E-state index is 0.0967. The van der Waals surface area contributed by atoms with Crippen LogP contribution in [0.25, 0.3) is 0 Å². The number of hydrogen-bond acceptors (Lipinski definition) is 3. The van der Waals surface area contributed by atoms with Gasteiger partial charge in [-0.25, -0.2) is 0 Å². The van der Waals surface area contributed by atoms with Crippen LogP contribution in [-0.4, -0.2) is 29.3 Å². The Labute approximate surface area is 112 Å². The lowest BCUT2D eigenvalue weighted by atomic mass is 10.2. The molecule has 5 heteroatoms. The number of amides is 2. The first-order chi connectivity index (χ1) is 9.06. The molecule has 1 N–H and O–H groups in total. The molecule has 0 aliphatic heterocycles. The smallest absolute Gasteiger partial charge is 0.312 e. The predicted octanol–water partition coefficient (Wildman–Crippen LogP) is 1.06. The van der Waals surface area contributed by atoms with E-state index in [0.29, 0.717) is 6.54 Å². The Morgan fingerprint density at radius 3 is 2.47 bits per heavy atom. The van der Waals surface area contributed by atoms with Gasteiger partial charge in [0.1, 0.15) is 6.54 Å². The summed E-state index contributed by atoms with van der Waals surface area (Å²) in [5, 5.41) is 10.7. The molecular weight excluding hydrogens is 242 g/mol. The van der Waals surface area contributed by atoms with E-state index in [1.807, 2.05) is 44.2 Å². The Morgan fingerprint density at radius 1 is 1.32 bits per heavy atom. The van der Waals surface area contributed by atoms with Gasteiger partial charge >= 0.3 is 11.8 Å². The van der Waals surface area contributed by atoms with Gasteiger partial charge in [0, 0.05) is 12.6 Å². The lowest BCUT2D eigenvalue weighted by Crippen LogP contribution is -2.45. The van der Waals surface area contributed by atoms with Crippen LogP contribution < -0.4 is 5.32 Å². The van der Waals surface area contributed by atoms with Crippen LogP contribution in [-0.2, 0) is 16.1 Å². The van der Waals surface area contributed by atoms with E-state index in [9.17, 15) is 9.59 Å². The monoisotopic (exact) mass is 259 g/mol. The molecule has 1 aromatic carbocycles. The zero-order valence-electron chi connectivity index (χ0n) is 11.1. The van der Waals surface area contributed by atoms with E-state index in [1.165, 1.54) is 4.90 Å². The standard InChI is InChI=1S/C14H17N3O2/c1-11(2)17(10-12-6-4-3-5-7-12)14(19)13(18)16-9-8-15/h3-7,11H,9-10H2,1-2H3,(H,16,18). The SMILES string of the molecule is CC(C)N(Cc1ccccc1)C(=O)C(=O)NCC#N. The van der Waals surface area contributed by atoms with Crippen molar-refractivity contribution in [3.05, 3.63) is 35.9 Å². The fourth-order valence-electron chi connectivity index (χ4n) is 1.59. The Kier molecular flexibility index (Phi) is 5.55. The van der Waals surface area contributed by atoms with E-state index in [4.69, 9.17) is 5.26 Å². The fourth-order valence-corrected chi connectivity index (χ4v) is 1.59. The predicted molar refractivity (Wildman–Crippen MR) is 70.8 cm³/mol. The molecule has 0 saturated heterocycles. The van der Waals surface area contributed by atoms with Crippen LogP contribution in [0, 0.1) is 11.3 Å². The second kappa shape index (κ2) is 7.17. The number of hydrogen-bond donors (Lipinski definition) is 1. The van der Waals surface area contributed by atoms with Crippen molar-refractivity contribution in [1.29, 1.82) is 5.26 Å². The van der Waals surface area contributed by atoms with Crippen molar-refractivity contribution in [3.8, 4) is 6.07 Å². The van der Waals surface area contributed by atoms with Crippen LogP contribution in [0.15, 0.2) is 30.3 Å². The van der Waals surface area contributed by atoms with E-state index in [1.54, 1.807) is 6.07 Å². The summed E-state index contributed by atoms with van der Waals surface area (Å²) in [7, 11) is 0. The number of carbonyl (C=O) groups excluding carboxylic acids is 2. The van der Waals surface area contributed by atoms with E-state index in [-0.39, 0.29) is 12.6 Å². The van der Waals surface area contributed by atoms with Crippen LogP contribution in [0.5, 0.6) is 0 Å². The van der Waals surface area contributed by atoms with Crippen LogP contribution in [0.1, 0.15) is 19.4 Å². The Balaban J connectivity index is 2.75. The summed E-state index contributed by atoms with van der Waals surface area (Å²) in [6.45, 7) is 3.90. The molecule has 0 aliphatic carbocycles. The summed E-state index contributed by atoms with van der Waals surface area (Å²) in [6.07, 6.45) is 0. The third-order valence-electron chi connectivity index (χ3n) is 2.60. The summed E-state index contributed by atoms with van der Waals surface area (Å²) in [6, 6.07) is 11.1. The van der Waals surface area contributed by atoms with Crippen molar-refractivity contribution in [2.24, 2.45) is 0 Å².